The van der Waals surface area contributed by atoms with Gasteiger partial charge in [-0.15, -0.1) is 0 Å². The molecule has 0 amide bonds. The number of hydrogen-bond acceptors (Lipinski definition) is 3. The lowest BCUT2D eigenvalue weighted by Crippen LogP contribution is -1.97. The van der Waals surface area contributed by atoms with Crippen LogP contribution in [0.4, 0.5) is 0 Å². The van der Waals surface area contributed by atoms with Crippen molar-refractivity contribution in [2.45, 2.75) is 6.92 Å². The zero-order valence-corrected chi connectivity index (χ0v) is 11.5. The molecule has 102 valence electrons. The fourth-order valence-corrected chi connectivity index (χ4v) is 2.41. The first kappa shape index (κ1) is 11.8. The van der Waals surface area contributed by atoms with Crippen LogP contribution in [0.3, 0.4) is 0 Å². The number of benzene rings is 1. The number of aryl methyl sites for hydroxylation is 1. The summed E-state index contributed by atoms with van der Waals surface area (Å²) in [7, 11) is 0. The number of nitrogens with zero attached hydrogens (tertiary/aromatic N) is 4. The summed E-state index contributed by atoms with van der Waals surface area (Å²) in [4.78, 5) is 12.2. The van der Waals surface area contributed by atoms with Crippen molar-refractivity contribution in [2.24, 2.45) is 0 Å². The number of nitrogens with one attached hydrogen (secondary N) is 1. The first-order valence-electron chi connectivity index (χ1n) is 6.74. The van der Waals surface area contributed by atoms with Gasteiger partial charge < -0.3 is 4.98 Å². The predicted molar refractivity (Wildman–Crippen MR) is 81.2 cm³/mol. The molecule has 21 heavy (non-hydrogen) atoms. The standard InChI is InChI=1S/C16H13N5/c1-11-14-16(21(20-11)13-7-3-2-4-8-13)19-15(18-14)12-6-5-9-17-10-12/h2-10H,1H3,(H,18,19). The van der Waals surface area contributed by atoms with E-state index in [1.54, 1.807) is 12.4 Å². The molecule has 4 aromatic rings. The van der Waals surface area contributed by atoms with Crippen LogP contribution in [-0.2, 0) is 0 Å². The third kappa shape index (κ3) is 1.90. The Balaban J connectivity index is 1.93. The molecule has 0 fully saturated rings. The fraction of sp³-hybridized carbons (Fsp3) is 0.0625. The van der Waals surface area contributed by atoms with Gasteiger partial charge in [-0.2, -0.15) is 5.10 Å². The smallest absolute Gasteiger partial charge is 0.181 e. The molecule has 1 N–H and O–H groups in total. The van der Waals surface area contributed by atoms with E-state index in [-0.39, 0.29) is 0 Å². The number of para-hydroxylation sites is 1. The normalized spacial score (nSPS) is 11.1. The van der Waals surface area contributed by atoms with E-state index in [1.165, 1.54) is 0 Å². The summed E-state index contributed by atoms with van der Waals surface area (Å²) < 4.78 is 1.86. The zero-order chi connectivity index (χ0) is 14.2. The molecule has 0 aliphatic carbocycles. The van der Waals surface area contributed by atoms with Crippen LogP contribution in [0.2, 0.25) is 0 Å². The molecule has 5 nitrogen and oxygen atoms in total. The van der Waals surface area contributed by atoms with Gasteiger partial charge in [0.25, 0.3) is 0 Å². The number of H-pyrrole nitrogens is 1. The second-order valence-electron chi connectivity index (χ2n) is 4.86. The molecule has 3 heterocycles. The number of imidazole rings is 1. The first-order chi connectivity index (χ1) is 10.3. The van der Waals surface area contributed by atoms with Gasteiger partial charge in [0.2, 0.25) is 0 Å². The van der Waals surface area contributed by atoms with Crippen molar-refractivity contribution < 1.29 is 0 Å². The highest BCUT2D eigenvalue weighted by molar-refractivity contribution is 5.80. The Morgan fingerprint density at radius 1 is 1.05 bits per heavy atom. The van der Waals surface area contributed by atoms with E-state index in [0.717, 1.165) is 33.9 Å². The molecule has 0 bridgehead atoms. The molecule has 4 rings (SSSR count). The molecule has 0 saturated carbocycles. The Bertz CT molecular complexity index is 890. The van der Waals surface area contributed by atoms with Gasteiger partial charge in [-0.3, -0.25) is 4.98 Å². The monoisotopic (exact) mass is 275 g/mol. The van der Waals surface area contributed by atoms with Crippen molar-refractivity contribution in [3.8, 4) is 17.1 Å². The Morgan fingerprint density at radius 2 is 1.90 bits per heavy atom. The fourth-order valence-electron chi connectivity index (χ4n) is 2.41. The van der Waals surface area contributed by atoms with Gasteiger partial charge in [0.05, 0.1) is 11.4 Å². The second-order valence-corrected chi connectivity index (χ2v) is 4.86. The topological polar surface area (TPSA) is 59.4 Å². The van der Waals surface area contributed by atoms with Crippen molar-refractivity contribution in [2.75, 3.05) is 0 Å². The van der Waals surface area contributed by atoms with Crippen LogP contribution in [0.15, 0.2) is 54.9 Å². The molecule has 5 heteroatoms. The van der Waals surface area contributed by atoms with E-state index >= 15 is 0 Å². The molecule has 3 aromatic heterocycles. The lowest BCUT2D eigenvalue weighted by Gasteiger charge is -2.00. The van der Waals surface area contributed by atoms with E-state index in [4.69, 9.17) is 0 Å². The van der Waals surface area contributed by atoms with E-state index < -0.39 is 0 Å². The van der Waals surface area contributed by atoms with E-state index in [2.05, 4.69) is 20.1 Å². The SMILES string of the molecule is Cc1nn(-c2ccccc2)c2nc(-c3cccnc3)[nH]c12. The average molecular weight is 275 g/mol. The van der Waals surface area contributed by atoms with Gasteiger partial charge in [-0.1, -0.05) is 18.2 Å². The Hall–Kier alpha value is -2.95. The quantitative estimate of drug-likeness (QED) is 0.611. The number of aromatic nitrogens is 5. The van der Waals surface area contributed by atoms with Crippen LogP contribution in [-0.4, -0.2) is 24.7 Å². The maximum absolute atomic E-state index is 4.69. The molecule has 0 spiro atoms. The number of hydrogen-bond donors (Lipinski definition) is 1. The van der Waals surface area contributed by atoms with Gasteiger partial charge >= 0.3 is 0 Å². The Kier molecular flexibility index (Phi) is 2.57. The minimum atomic E-state index is 0.809. The third-order valence-electron chi connectivity index (χ3n) is 3.43. The maximum atomic E-state index is 4.69. The summed E-state index contributed by atoms with van der Waals surface area (Å²) in [5, 5.41) is 4.56. The maximum Gasteiger partial charge on any atom is 0.181 e. The molecule has 0 aliphatic heterocycles. The summed E-state index contributed by atoms with van der Waals surface area (Å²) in [5.41, 5.74) is 4.68. The van der Waals surface area contributed by atoms with E-state index in [9.17, 15) is 0 Å². The van der Waals surface area contributed by atoms with Gasteiger partial charge in [-0.05, 0) is 31.2 Å². The number of pyridine rings is 1. The first-order valence-corrected chi connectivity index (χ1v) is 6.74. The number of aromatic amines is 1. The average Bonchev–Trinajstić information content (AvgIpc) is 3.10. The highest BCUT2D eigenvalue weighted by Gasteiger charge is 2.14. The van der Waals surface area contributed by atoms with E-state index in [1.807, 2.05) is 54.1 Å². The molecule has 0 atom stereocenters. The van der Waals surface area contributed by atoms with Crippen LogP contribution >= 0.6 is 0 Å². The lowest BCUT2D eigenvalue weighted by atomic mass is 10.3. The summed E-state index contributed by atoms with van der Waals surface area (Å²) in [6.45, 7) is 1.98. The zero-order valence-electron chi connectivity index (χ0n) is 11.5. The van der Waals surface area contributed by atoms with Crippen LogP contribution < -0.4 is 0 Å². The van der Waals surface area contributed by atoms with Crippen LogP contribution in [0.25, 0.3) is 28.2 Å². The Labute approximate surface area is 121 Å². The summed E-state index contributed by atoms with van der Waals surface area (Å²) in [5.74, 6) is 0.809. The molecule has 0 aliphatic rings. The summed E-state index contributed by atoms with van der Waals surface area (Å²) in [6.07, 6.45) is 3.55. The van der Waals surface area contributed by atoms with Crippen LogP contribution in [0.5, 0.6) is 0 Å². The second kappa shape index (κ2) is 4.56. The lowest BCUT2D eigenvalue weighted by molar-refractivity contribution is 0.876. The highest BCUT2D eigenvalue weighted by atomic mass is 15.3. The van der Waals surface area contributed by atoms with E-state index in [0.29, 0.717) is 0 Å². The minimum absolute atomic E-state index is 0.809. The van der Waals surface area contributed by atoms with Crippen molar-refractivity contribution in [3.05, 3.63) is 60.6 Å². The van der Waals surface area contributed by atoms with Crippen molar-refractivity contribution in [1.29, 1.82) is 0 Å². The number of fused-ring (bicyclic) bond motifs is 1. The molecule has 0 unspecified atom stereocenters. The highest BCUT2D eigenvalue weighted by Crippen LogP contribution is 2.23. The molecule has 0 saturated heterocycles. The van der Waals surface area contributed by atoms with Crippen LogP contribution in [0, 0.1) is 6.92 Å². The summed E-state index contributed by atoms with van der Waals surface area (Å²) in [6, 6.07) is 13.9. The third-order valence-corrected chi connectivity index (χ3v) is 3.43. The predicted octanol–water partition coefficient (Wildman–Crippen LogP) is 3.12. The largest absolute Gasteiger partial charge is 0.335 e. The number of rotatable bonds is 2. The summed E-state index contributed by atoms with van der Waals surface area (Å²) >= 11 is 0. The van der Waals surface area contributed by atoms with Gasteiger partial charge in [0.15, 0.2) is 5.65 Å². The van der Waals surface area contributed by atoms with Crippen molar-refractivity contribution >= 4 is 11.2 Å². The minimum Gasteiger partial charge on any atom is -0.335 e. The van der Waals surface area contributed by atoms with Crippen LogP contribution in [0.1, 0.15) is 5.69 Å². The van der Waals surface area contributed by atoms with Gasteiger partial charge in [-0.25, -0.2) is 9.67 Å². The van der Waals surface area contributed by atoms with Gasteiger partial charge in [0.1, 0.15) is 11.3 Å². The molecular weight excluding hydrogens is 262 g/mol. The molecule has 0 radical (unpaired) electrons. The van der Waals surface area contributed by atoms with Gasteiger partial charge in [0, 0.05) is 18.0 Å². The Morgan fingerprint density at radius 3 is 2.67 bits per heavy atom. The van der Waals surface area contributed by atoms with Crippen molar-refractivity contribution in [1.82, 2.24) is 24.7 Å². The molecule has 1 aromatic carbocycles. The molecular formula is C16H13N5. The van der Waals surface area contributed by atoms with Crippen molar-refractivity contribution in [3.63, 3.8) is 0 Å².